The number of carbonyl (C=O) groups is 1. The zero-order valence-corrected chi connectivity index (χ0v) is 8.09. The van der Waals surface area contributed by atoms with Gasteiger partial charge >= 0.3 is 0 Å². The number of rotatable bonds is 5. The van der Waals surface area contributed by atoms with Crippen LogP contribution in [0.3, 0.4) is 0 Å². The molecule has 0 bridgehead atoms. The Balaban J connectivity index is 2.56. The van der Waals surface area contributed by atoms with E-state index in [-0.39, 0.29) is 11.3 Å². The van der Waals surface area contributed by atoms with E-state index in [0.717, 1.165) is 12.7 Å². The minimum absolute atomic E-state index is 0.123. The minimum Gasteiger partial charge on any atom is -0.317 e. The molecule has 0 aliphatic carbocycles. The third-order valence-electron chi connectivity index (χ3n) is 1.85. The van der Waals surface area contributed by atoms with Crippen molar-refractivity contribution in [2.24, 2.45) is 0 Å². The van der Waals surface area contributed by atoms with Crippen LogP contribution in [-0.4, -0.2) is 23.9 Å². The van der Waals surface area contributed by atoms with Gasteiger partial charge in [0.25, 0.3) is 0 Å². The van der Waals surface area contributed by atoms with E-state index >= 15 is 0 Å². The van der Waals surface area contributed by atoms with Crippen molar-refractivity contribution in [3.05, 3.63) is 29.8 Å². The molecule has 0 radical (unpaired) electrons. The molecule has 3 nitrogen and oxygen atoms in total. The smallest absolute Gasteiger partial charge is 0.167 e. The Morgan fingerprint density at radius 1 is 1.64 bits per heavy atom. The van der Waals surface area contributed by atoms with Gasteiger partial charge in [-0.15, -0.1) is 0 Å². The van der Waals surface area contributed by atoms with E-state index in [4.69, 9.17) is 0 Å². The summed E-state index contributed by atoms with van der Waals surface area (Å²) in [5.41, 5.74) is 0.123. The number of hydrogen-bond donors (Lipinski definition) is 1. The van der Waals surface area contributed by atoms with Gasteiger partial charge in [-0.3, -0.25) is 9.78 Å². The second-order valence-electron chi connectivity index (χ2n) is 2.88. The fraction of sp³-hybridized carbons (Fsp3) is 0.400. The highest BCUT2D eigenvalue weighted by molar-refractivity contribution is 5.96. The number of ketones is 1. The summed E-state index contributed by atoms with van der Waals surface area (Å²) >= 11 is 0. The van der Waals surface area contributed by atoms with Gasteiger partial charge in [-0.2, -0.15) is 0 Å². The number of halogens is 1. The highest BCUT2D eigenvalue weighted by Crippen LogP contribution is 2.06. The predicted molar refractivity (Wildman–Crippen MR) is 51.7 cm³/mol. The number of carbonyl (C=O) groups excluding carboxylic acids is 1. The molecule has 4 heteroatoms. The molecule has 1 aromatic rings. The molecule has 14 heavy (non-hydrogen) atoms. The summed E-state index contributed by atoms with van der Waals surface area (Å²) in [7, 11) is 0. The highest BCUT2D eigenvalue weighted by Gasteiger charge is 2.09. The molecule has 1 N–H and O–H groups in total. The molecule has 0 aliphatic rings. The molecule has 1 aromatic heterocycles. The topological polar surface area (TPSA) is 42.0 Å². The zero-order chi connectivity index (χ0) is 10.4. The van der Waals surface area contributed by atoms with Gasteiger partial charge in [0.15, 0.2) is 11.6 Å². The Bertz CT molecular complexity index is 315. The SMILES string of the molecule is CCNCCC(=O)c1ccncc1F. The lowest BCUT2D eigenvalue weighted by Crippen LogP contribution is -2.18. The van der Waals surface area contributed by atoms with Crippen LogP contribution in [0.1, 0.15) is 23.7 Å². The maximum atomic E-state index is 13.0. The van der Waals surface area contributed by atoms with Crippen LogP contribution >= 0.6 is 0 Å². The molecule has 0 unspecified atom stereocenters. The molecule has 0 amide bonds. The summed E-state index contributed by atoms with van der Waals surface area (Å²) in [6, 6.07) is 1.41. The van der Waals surface area contributed by atoms with Crippen molar-refractivity contribution in [3.8, 4) is 0 Å². The monoisotopic (exact) mass is 196 g/mol. The first-order valence-corrected chi connectivity index (χ1v) is 4.59. The predicted octanol–water partition coefficient (Wildman–Crippen LogP) is 1.40. The fourth-order valence-corrected chi connectivity index (χ4v) is 1.11. The maximum absolute atomic E-state index is 13.0. The Hall–Kier alpha value is -1.29. The van der Waals surface area contributed by atoms with Crippen molar-refractivity contribution < 1.29 is 9.18 Å². The van der Waals surface area contributed by atoms with E-state index in [9.17, 15) is 9.18 Å². The average molecular weight is 196 g/mol. The van der Waals surface area contributed by atoms with Gasteiger partial charge in [0.05, 0.1) is 11.8 Å². The Morgan fingerprint density at radius 3 is 3.07 bits per heavy atom. The standard InChI is InChI=1S/C10H13FN2O/c1-2-12-6-4-10(14)8-3-5-13-7-9(8)11/h3,5,7,12H,2,4,6H2,1H3. The van der Waals surface area contributed by atoms with Crippen molar-refractivity contribution in [2.75, 3.05) is 13.1 Å². The van der Waals surface area contributed by atoms with Gasteiger partial charge < -0.3 is 5.32 Å². The number of aromatic nitrogens is 1. The van der Waals surface area contributed by atoms with Crippen molar-refractivity contribution in [1.82, 2.24) is 10.3 Å². The van der Waals surface area contributed by atoms with Gasteiger partial charge in [-0.1, -0.05) is 6.92 Å². The first kappa shape index (κ1) is 10.8. The quantitative estimate of drug-likeness (QED) is 0.571. The molecule has 0 saturated heterocycles. The van der Waals surface area contributed by atoms with E-state index in [1.807, 2.05) is 6.92 Å². The van der Waals surface area contributed by atoms with E-state index in [0.29, 0.717) is 13.0 Å². The zero-order valence-electron chi connectivity index (χ0n) is 8.09. The summed E-state index contributed by atoms with van der Waals surface area (Å²) in [6.45, 7) is 3.35. The molecule has 0 saturated carbocycles. The number of Topliss-reactive ketones (excluding diaryl/α,β-unsaturated/α-hetero) is 1. The molecule has 0 fully saturated rings. The van der Waals surface area contributed by atoms with E-state index in [2.05, 4.69) is 10.3 Å². The van der Waals surface area contributed by atoms with Crippen molar-refractivity contribution in [3.63, 3.8) is 0 Å². The van der Waals surface area contributed by atoms with Crippen LogP contribution in [0, 0.1) is 5.82 Å². The molecule has 0 spiro atoms. The van der Waals surface area contributed by atoms with Crippen LogP contribution in [0.2, 0.25) is 0 Å². The number of pyridine rings is 1. The lowest BCUT2D eigenvalue weighted by molar-refractivity contribution is 0.0978. The molecule has 1 rings (SSSR count). The van der Waals surface area contributed by atoms with E-state index < -0.39 is 5.82 Å². The molecule has 0 aliphatic heterocycles. The summed E-state index contributed by atoms with van der Waals surface area (Å²) < 4.78 is 13.0. The molecule has 1 heterocycles. The normalized spacial score (nSPS) is 10.1. The summed E-state index contributed by atoms with van der Waals surface area (Å²) in [6.07, 6.45) is 2.79. The first-order valence-electron chi connectivity index (χ1n) is 4.59. The molecular weight excluding hydrogens is 183 g/mol. The number of nitrogens with zero attached hydrogens (tertiary/aromatic N) is 1. The second-order valence-corrected chi connectivity index (χ2v) is 2.88. The van der Waals surface area contributed by atoms with Gasteiger partial charge in [0.1, 0.15) is 0 Å². The van der Waals surface area contributed by atoms with Gasteiger partial charge in [-0.05, 0) is 12.6 Å². The van der Waals surface area contributed by atoms with Crippen LogP contribution in [-0.2, 0) is 0 Å². The average Bonchev–Trinajstić information content (AvgIpc) is 2.18. The van der Waals surface area contributed by atoms with Crippen LogP contribution in [0.25, 0.3) is 0 Å². The number of nitrogens with one attached hydrogen (secondary N) is 1. The summed E-state index contributed by atoms with van der Waals surface area (Å²) in [5, 5.41) is 3.01. The maximum Gasteiger partial charge on any atom is 0.167 e. The lowest BCUT2D eigenvalue weighted by Gasteiger charge is -2.02. The van der Waals surface area contributed by atoms with Gasteiger partial charge in [-0.25, -0.2) is 4.39 Å². The van der Waals surface area contributed by atoms with Crippen molar-refractivity contribution in [2.45, 2.75) is 13.3 Å². The van der Waals surface area contributed by atoms with Crippen LogP contribution in [0.15, 0.2) is 18.5 Å². The van der Waals surface area contributed by atoms with Gasteiger partial charge in [0.2, 0.25) is 0 Å². The third kappa shape index (κ3) is 2.88. The van der Waals surface area contributed by atoms with E-state index in [1.54, 1.807) is 0 Å². The fourth-order valence-electron chi connectivity index (χ4n) is 1.11. The Kier molecular flexibility index (Phi) is 4.19. The first-order chi connectivity index (χ1) is 6.75. The molecular formula is C10H13FN2O. The number of hydrogen-bond acceptors (Lipinski definition) is 3. The van der Waals surface area contributed by atoms with Crippen LogP contribution < -0.4 is 5.32 Å². The van der Waals surface area contributed by atoms with Crippen molar-refractivity contribution in [1.29, 1.82) is 0 Å². The summed E-state index contributed by atoms with van der Waals surface area (Å²) in [4.78, 5) is 15.0. The largest absolute Gasteiger partial charge is 0.317 e. The summed E-state index contributed by atoms with van der Waals surface area (Å²) in [5.74, 6) is -0.736. The Labute approximate surface area is 82.4 Å². The highest BCUT2D eigenvalue weighted by atomic mass is 19.1. The molecule has 0 atom stereocenters. The third-order valence-corrected chi connectivity index (χ3v) is 1.85. The lowest BCUT2D eigenvalue weighted by atomic mass is 10.1. The Morgan fingerprint density at radius 2 is 2.43 bits per heavy atom. The van der Waals surface area contributed by atoms with E-state index in [1.165, 1.54) is 12.3 Å². The van der Waals surface area contributed by atoms with Crippen molar-refractivity contribution >= 4 is 5.78 Å². The van der Waals surface area contributed by atoms with Crippen LogP contribution in [0.4, 0.5) is 4.39 Å². The second kappa shape index (κ2) is 5.44. The molecule has 76 valence electrons. The van der Waals surface area contributed by atoms with Gasteiger partial charge in [0, 0.05) is 19.2 Å². The van der Waals surface area contributed by atoms with Crippen LogP contribution in [0.5, 0.6) is 0 Å². The molecule has 0 aromatic carbocycles. The minimum atomic E-state index is -0.547.